The molecule has 0 amide bonds. The van der Waals surface area contributed by atoms with Gasteiger partial charge in [0, 0.05) is 15.2 Å². The molecule has 0 bridgehead atoms. The van der Waals surface area contributed by atoms with E-state index in [0.717, 1.165) is 10.9 Å². The Kier molecular flexibility index (Phi) is 2.72. The van der Waals surface area contributed by atoms with Crippen LogP contribution in [0.25, 0.3) is 10.9 Å². The number of rotatable bonds is 2. The largest absolute Gasteiger partial charge is 0.389 e. The van der Waals surface area contributed by atoms with E-state index >= 15 is 0 Å². The maximum Gasteiger partial charge on any atom is 0.0933 e. The lowest BCUT2D eigenvalue weighted by atomic mass is 10.1. The van der Waals surface area contributed by atoms with Crippen LogP contribution in [-0.2, 0) is 6.54 Å². The third kappa shape index (κ3) is 2.69. The summed E-state index contributed by atoms with van der Waals surface area (Å²) in [7, 11) is 0. The first-order valence-electron chi connectivity index (χ1n) is 4.79. The number of hydrogen-bond donors (Lipinski definition) is 1. The molecule has 1 aromatic carbocycles. The van der Waals surface area contributed by atoms with Crippen LogP contribution in [-0.4, -0.2) is 20.5 Å². The normalized spacial score (nSPS) is 12.3. The second-order valence-corrected chi connectivity index (χ2v) is 5.59. The summed E-state index contributed by atoms with van der Waals surface area (Å²) in [6.45, 7) is 4.07. The van der Waals surface area contributed by atoms with Crippen LogP contribution in [0.3, 0.4) is 0 Å². The minimum Gasteiger partial charge on any atom is -0.389 e. The van der Waals surface area contributed by atoms with Gasteiger partial charge in [-0.15, -0.1) is 0 Å². The minimum atomic E-state index is -0.727. The SMILES string of the molecule is CC(C)(O)Cn1cc2ccc(I)cc2n1. The Labute approximate surface area is 102 Å². The first-order valence-corrected chi connectivity index (χ1v) is 5.87. The van der Waals surface area contributed by atoms with Crippen molar-refractivity contribution in [2.45, 2.75) is 26.0 Å². The third-order valence-corrected chi connectivity index (χ3v) is 2.74. The molecular formula is C11H13IN2O. The van der Waals surface area contributed by atoms with E-state index in [0.29, 0.717) is 6.54 Å². The minimum absolute atomic E-state index is 0.512. The molecule has 1 heterocycles. The molecule has 0 radical (unpaired) electrons. The van der Waals surface area contributed by atoms with Gasteiger partial charge in [0.15, 0.2) is 0 Å². The standard InChI is InChI=1S/C11H13IN2O/c1-11(2,15)7-14-6-8-3-4-9(12)5-10(8)13-14/h3-6,15H,7H2,1-2H3. The molecule has 3 nitrogen and oxygen atoms in total. The predicted octanol–water partition coefficient (Wildman–Crippen LogP) is 2.41. The van der Waals surface area contributed by atoms with Crippen LogP contribution in [0.1, 0.15) is 13.8 Å². The van der Waals surface area contributed by atoms with E-state index < -0.39 is 5.60 Å². The summed E-state index contributed by atoms with van der Waals surface area (Å²) >= 11 is 2.27. The molecule has 2 aromatic rings. The van der Waals surface area contributed by atoms with E-state index in [9.17, 15) is 5.11 Å². The number of nitrogens with zero attached hydrogens (tertiary/aromatic N) is 2. The van der Waals surface area contributed by atoms with Crippen LogP contribution in [0.5, 0.6) is 0 Å². The van der Waals surface area contributed by atoms with E-state index in [1.165, 1.54) is 3.57 Å². The average Bonchev–Trinajstić information content (AvgIpc) is 2.42. The first kappa shape index (κ1) is 10.9. The monoisotopic (exact) mass is 316 g/mol. The molecule has 0 atom stereocenters. The zero-order chi connectivity index (χ0) is 11.1. The van der Waals surface area contributed by atoms with Crippen molar-refractivity contribution in [3.63, 3.8) is 0 Å². The third-order valence-electron chi connectivity index (χ3n) is 2.07. The van der Waals surface area contributed by atoms with Crippen LogP contribution < -0.4 is 0 Å². The molecule has 0 unspecified atom stereocenters. The summed E-state index contributed by atoms with van der Waals surface area (Å²) in [5.74, 6) is 0. The second kappa shape index (κ2) is 3.75. The smallest absolute Gasteiger partial charge is 0.0933 e. The van der Waals surface area contributed by atoms with Crippen molar-refractivity contribution in [1.82, 2.24) is 9.78 Å². The fourth-order valence-corrected chi connectivity index (χ4v) is 1.99. The molecule has 0 aliphatic carbocycles. The molecule has 0 spiro atoms. The molecule has 0 saturated heterocycles. The van der Waals surface area contributed by atoms with Crippen molar-refractivity contribution in [2.24, 2.45) is 0 Å². The fraction of sp³-hybridized carbons (Fsp3) is 0.364. The van der Waals surface area contributed by atoms with E-state index in [1.54, 1.807) is 18.5 Å². The van der Waals surface area contributed by atoms with Gasteiger partial charge < -0.3 is 5.11 Å². The zero-order valence-corrected chi connectivity index (χ0v) is 10.9. The lowest BCUT2D eigenvalue weighted by Crippen LogP contribution is -2.26. The van der Waals surface area contributed by atoms with Gasteiger partial charge in [-0.25, -0.2) is 0 Å². The topological polar surface area (TPSA) is 38.0 Å². The lowest BCUT2D eigenvalue weighted by Gasteiger charge is -2.16. The highest BCUT2D eigenvalue weighted by atomic mass is 127. The van der Waals surface area contributed by atoms with Crippen LogP contribution in [0.2, 0.25) is 0 Å². The van der Waals surface area contributed by atoms with Gasteiger partial charge in [-0.1, -0.05) is 6.07 Å². The molecule has 0 aliphatic heterocycles. The van der Waals surface area contributed by atoms with E-state index in [4.69, 9.17) is 0 Å². The molecule has 0 aliphatic rings. The Morgan fingerprint density at radius 3 is 2.87 bits per heavy atom. The molecule has 2 rings (SSSR count). The van der Waals surface area contributed by atoms with Crippen molar-refractivity contribution >= 4 is 33.5 Å². The van der Waals surface area contributed by atoms with E-state index in [1.807, 2.05) is 18.3 Å². The number of aromatic nitrogens is 2. The Morgan fingerprint density at radius 2 is 2.20 bits per heavy atom. The Bertz CT molecular complexity index is 485. The van der Waals surface area contributed by atoms with Gasteiger partial charge in [-0.05, 0) is 48.6 Å². The maximum atomic E-state index is 9.69. The first-order chi connectivity index (χ1) is 6.94. The highest BCUT2D eigenvalue weighted by Crippen LogP contribution is 2.17. The van der Waals surface area contributed by atoms with E-state index in [2.05, 4.69) is 33.8 Å². The fourth-order valence-electron chi connectivity index (χ4n) is 1.52. The number of hydrogen-bond acceptors (Lipinski definition) is 2. The Hall–Kier alpha value is -0.620. The highest BCUT2D eigenvalue weighted by Gasteiger charge is 2.14. The summed E-state index contributed by atoms with van der Waals surface area (Å²) in [6, 6.07) is 6.14. The molecule has 4 heteroatoms. The summed E-state index contributed by atoms with van der Waals surface area (Å²) < 4.78 is 2.97. The van der Waals surface area contributed by atoms with Crippen molar-refractivity contribution in [3.05, 3.63) is 28.0 Å². The summed E-state index contributed by atoms with van der Waals surface area (Å²) in [6.07, 6.45) is 1.96. The molecule has 80 valence electrons. The molecular weight excluding hydrogens is 303 g/mol. The predicted molar refractivity (Wildman–Crippen MR) is 68.7 cm³/mol. The zero-order valence-electron chi connectivity index (χ0n) is 8.74. The van der Waals surface area contributed by atoms with E-state index in [-0.39, 0.29) is 0 Å². The quantitative estimate of drug-likeness (QED) is 0.864. The van der Waals surface area contributed by atoms with Gasteiger partial charge in [0.25, 0.3) is 0 Å². The van der Waals surface area contributed by atoms with Gasteiger partial charge in [-0.2, -0.15) is 5.10 Å². The average molecular weight is 316 g/mol. The molecule has 0 fully saturated rings. The van der Waals surface area contributed by atoms with Crippen LogP contribution in [0.15, 0.2) is 24.4 Å². The van der Waals surface area contributed by atoms with Crippen LogP contribution in [0, 0.1) is 3.57 Å². The van der Waals surface area contributed by atoms with Crippen LogP contribution in [0.4, 0.5) is 0 Å². The Balaban J connectivity index is 2.39. The Morgan fingerprint density at radius 1 is 1.47 bits per heavy atom. The summed E-state index contributed by atoms with van der Waals surface area (Å²) in [4.78, 5) is 0. The number of aliphatic hydroxyl groups is 1. The number of fused-ring (bicyclic) bond motifs is 1. The molecule has 0 saturated carbocycles. The highest BCUT2D eigenvalue weighted by molar-refractivity contribution is 14.1. The maximum absolute atomic E-state index is 9.69. The van der Waals surface area contributed by atoms with Crippen LogP contribution >= 0.6 is 22.6 Å². The lowest BCUT2D eigenvalue weighted by molar-refractivity contribution is 0.0580. The van der Waals surface area contributed by atoms with Crippen molar-refractivity contribution < 1.29 is 5.11 Å². The number of halogens is 1. The van der Waals surface area contributed by atoms with Gasteiger partial charge in [0.1, 0.15) is 0 Å². The summed E-state index contributed by atoms with van der Waals surface area (Å²) in [5.41, 5.74) is 0.251. The van der Waals surface area contributed by atoms with Gasteiger partial charge >= 0.3 is 0 Å². The molecule has 15 heavy (non-hydrogen) atoms. The number of benzene rings is 1. The molecule has 1 aromatic heterocycles. The van der Waals surface area contributed by atoms with Crippen molar-refractivity contribution in [3.8, 4) is 0 Å². The van der Waals surface area contributed by atoms with Gasteiger partial charge in [0.05, 0.1) is 17.7 Å². The summed E-state index contributed by atoms with van der Waals surface area (Å²) in [5, 5.41) is 15.2. The molecule has 1 N–H and O–H groups in total. The van der Waals surface area contributed by atoms with Crippen molar-refractivity contribution in [1.29, 1.82) is 0 Å². The van der Waals surface area contributed by atoms with Gasteiger partial charge in [-0.3, -0.25) is 4.68 Å². The van der Waals surface area contributed by atoms with Gasteiger partial charge in [0.2, 0.25) is 0 Å². The van der Waals surface area contributed by atoms with Crippen molar-refractivity contribution in [2.75, 3.05) is 0 Å². The second-order valence-electron chi connectivity index (χ2n) is 4.34.